The number of ether oxygens (including phenoxy) is 2. The van der Waals surface area contributed by atoms with Crippen LogP contribution in [0.5, 0.6) is 11.5 Å². The van der Waals surface area contributed by atoms with Gasteiger partial charge >= 0.3 is 0 Å². The van der Waals surface area contributed by atoms with Crippen LogP contribution in [0.1, 0.15) is 22.3 Å². The Morgan fingerprint density at radius 1 is 1.26 bits per heavy atom. The maximum absolute atomic E-state index is 12.7. The molecule has 0 radical (unpaired) electrons. The normalized spacial score (nSPS) is 19.6. The minimum absolute atomic E-state index is 0.102. The van der Waals surface area contributed by atoms with Crippen LogP contribution in [0.2, 0.25) is 10.0 Å². The Morgan fingerprint density at radius 3 is 2.69 bits per heavy atom. The highest BCUT2D eigenvalue weighted by Gasteiger charge is 2.36. The molecule has 0 heterocycles. The Balaban J connectivity index is 1.87. The number of benzene rings is 2. The van der Waals surface area contributed by atoms with E-state index >= 15 is 0 Å². The number of halogens is 3. The summed E-state index contributed by atoms with van der Waals surface area (Å²) in [7, 11) is 1.45. The number of aldehydes is 1. The van der Waals surface area contributed by atoms with Crippen molar-refractivity contribution in [2.75, 3.05) is 20.3 Å². The Bertz CT molecular complexity index is 1110. The number of methoxy groups -OCH3 is 1. The van der Waals surface area contributed by atoms with Gasteiger partial charge in [-0.1, -0.05) is 29.3 Å². The van der Waals surface area contributed by atoms with Crippen LogP contribution in [-0.2, 0) is 11.3 Å². The van der Waals surface area contributed by atoms with Gasteiger partial charge in [0, 0.05) is 30.3 Å². The van der Waals surface area contributed by atoms with E-state index in [1.54, 1.807) is 24.3 Å². The van der Waals surface area contributed by atoms with Gasteiger partial charge in [0.05, 0.1) is 27.3 Å². The Morgan fingerprint density at radius 2 is 2.03 bits per heavy atom. The summed E-state index contributed by atoms with van der Waals surface area (Å²) in [5.41, 5.74) is 1.67. The van der Waals surface area contributed by atoms with Crippen LogP contribution < -0.4 is 20.1 Å². The number of amides is 1. The highest BCUT2D eigenvalue weighted by molar-refractivity contribution is 14.1. The lowest BCUT2D eigenvalue weighted by atomic mass is 9.89. The summed E-state index contributed by atoms with van der Waals surface area (Å²) in [4.78, 5) is 23.9. The molecule has 3 atom stereocenters. The van der Waals surface area contributed by atoms with Crippen molar-refractivity contribution in [3.8, 4) is 11.5 Å². The van der Waals surface area contributed by atoms with Crippen LogP contribution in [-0.4, -0.2) is 60.9 Å². The molecule has 35 heavy (non-hydrogen) atoms. The molecule has 2 aromatic carbocycles. The Kier molecular flexibility index (Phi) is 10.2. The van der Waals surface area contributed by atoms with E-state index in [2.05, 4.69) is 10.6 Å². The molecule has 2 aromatic rings. The predicted molar refractivity (Wildman–Crippen MR) is 141 cm³/mol. The molecule has 4 N–H and O–H groups in total. The first-order chi connectivity index (χ1) is 16.8. The van der Waals surface area contributed by atoms with Crippen LogP contribution >= 0.6 is 45.8 Å². The van der Waals surface area contributed by atoms with E-state index < -0.39 is 18.2 Å². The lowest BCUT2D eigenvalue weighted by Crippen LogP contribution is -2.51. The van der Waals surface area contributed by atoms with Crippen molar-refractivity contribution in [2.45, 2.75) is 31.2 Å². The molecule has 0 unspecified atom stereocenters. The van der Waals surface area contributed by atoms with Gasteiger partial charge in [-0.25, -0.2) is 0 Å². The van der Waals surface area contributed by atoms with Crippen molar-refractivity contribution in [3.63, 3.8) is 0 Å². The number of carbonyl (C=O) groups is 2. The summed E-state index contributed by atoms with van der Waals surface area (Å²) in [6, 6.07) is 7.88. The molecule has 1 amide bonds. The van der Waals surface area contributed by atoms with Crippen LogP contribution in [0.4, 0.5) is 0 Å². The largest absolute Gasteiger partial charge is 0.493 e. The van der Waals surface area contributed by atoms with Crippen LogP contribution in [0.15, 0.2) is 42.0 Å². The van der Waals surface area contributed by atoms with Gasteiger partial charge in [-0.15, -0.1) is 0 Å². The van der Waals surface area contributed by atoms with E-state index in [-0.39, 0.29) is 25.5 Å². The Labute approximate surface area is 226 Å². The summed E-state index contributed by atoms with van der Waals surface area (Å²) in [6.07, 6.45) is 0.597. The van der Waals surface area contributed by atoms with Gasteiger partial charge in [0.15, 0.2) is 11.5 Å². The third-order valence-electron chi connectivity index (χ3n) is 5.44. The van der Waals surface area contributed by atoms with Crippen LogP contribution in [0.3, 0.4) is 0 Å². The van der Waals surface area contributed by atoms with Gasteiger partial charge in [0.2, 0.25) is 5.91 Å². The highest BCUT2D eigenvalue weighted by Crippen LogP contribution is 2.36. The monoisotopic (exact) mass is 634 g/mol. The molecule has 0 aliphatic heterocycles. The second-order valence-electron chi connectivity index (χ2n) is 7.84. The van der Waals surface area contributed by atoms with E-state index in [9.17, 15) is 14.7 Å². The fourth-order valence-electron chi connectivity index (χ4n) is 3.66. The number of hydrogen-bond acceptors (Lipinski definition) is 7. The quantitative estimate of drug-likeness (QED) is 0.234. The van der Waals surface area contributed by atoms with Gasteiger partial charge in [-0.3, -0.25) is 9.59 Å². The molecule has 188 valence electrons. The molecule has 0 saturated heterocycles. The lowest BCUT2D eigenvalue weighted by Gasteiger charge is -2.34. The summed E-state index contributed by atoms with van der Waals surface area (Å²) >= 11 is 14.1. The maximum atomic E-state index is 12.7. The number of nitrogens with one attached hydrogen (secondary N) is 2. The van der Waals surface area contributed by atoms with Crippen molar-refractivity contribution in [1.82, 2.24) is 10.6 Å². The minimum Gasteiger partial charge on any atom is -0.493 e. The first-order valence-electron chi connectivity index (χ1n) is 10.7. The second kappa shape index (κ2) is 12.9. The smallest absolute Gasteiger partial charge is 0.247 e. The van der Waals surface area contributed by atoms with Gasteiger partial charge in [0.1, 0.15) is 18.5 Å². The number of hydrogen-bond donors (Lipinski definition) is 4. The standard InChI is InChI=1S/C24H25Cl2IN2O6/c1-34-21-8-14(12-31)7-18(27)23(21)35-20-10-15(24(33)28-4-5-30)9-19(22(20)32)29-11-13-2-3-16(25)17(26)6-13/h2-3,6-8,10,12,19-20,22,29-30,32H,4-5,9,11H2,1H3,(H,28,33)/t19-,20+,22+/m1/s1. The Hall–Kier alpha value is -1.89. The van der Waals surface area contributed by atoms with Crippen molar-refractivity contribution in [1.29, 1.82) is 0 Å². The van der Waals surface area contributed by atoms with Gasteiger partial charge in [-0.2, -0.15) is 0 Å². The van der Waals surface area contributed by atoms with E-state index in [0.717, 1.165) is 5.56 Å². The zero-order chi connectivity index (χ0) is 25.5. The second-order valence-corrected chi connectivity index (χ2v) is 9.81. The summed E-state index contributed by atoms with van der Waals surface area (Å²) in [6.45, 7) is 0.273. The lowest BCUT2D eigenvalue weighted by molar-refractivity contribution is -0.118. The molecule has 0 aromatic heterocycles. The average molecular weight is 635 g/mol. The van der Waals surface area contributed by atoms with Crippen molar-refractivity contribution in [2.24, 2.45) is 0 Å². The zero-order valence-corrected chi connectivity index (χ0v) is 22.4. The molecule has 1 aliphatic carbocycles. The van der Waals surface area contributed by atoms with Crippen molar-refractivity contribution < 1.29 is 29.3 Å². The maximum Gasteiger partial charge on any atom is 0.247 e. The highest BCUT2D eigenvalue weighted by atomic mass is 127. The summed E-state index contributed by atoms with van der Waals surface area (Å²) < 4.78 is 12.1. The zero-order valence-electron chi connectivity index (χ0n) is 18.8. The molecule has 0 spiro atoms. The summed E-state index contributed by atoms with van der Waals surface area (Å²) in [5, 5.41) is 27.0. The number of carbonyl (C=O) groups excluding carboxylic acids is 2. The molecular weight excluding hydrogens is 610 g/mol. The third-order valence-corrected chi connectivity index (χ3v) is 6.98. The van der Waals surface area contributed by atoms with Gasteiger partial charge in [0.25, 0.3) is 0 Å². The SMILES string of the molecule is COc1cc(C=O)cc(I)c1O[C@H]1C=C(C(=O)NCCO)C[C@@H](NCc2ccc(Cl)c(Cl)c2)[C@@H]1O. The average Bonchev–Trinajstić information content (AvgIpc) is 2.85. The fraction of sp³-hybridized carbons (Fsp3) is 0.333. The molecule has 0 fully saturated rings. The fourth-order valence-corrected chi connectivity index (χ4v) is 4.73. The number of aliphatic hydroxyl groups excluding tert-OH is 2. The van der Waals surface area contributed by atoms with Gasteiger partial charge < -0.3 is 30.3 Å². The first-order valence-corrected chi connectivity index (χ1v) is 12.5. The van der Waals surface area contributed by atoms with Gasteiger partial charge in [-0.05, 0) is 64.9 Å². The molecule has 3 rings (SSSR count). The molecule has 0 bridgehead atoms. The topological polar surface area (TPSA) is 117 Å². The van der Waals surface area contributed by atoms with E-state index in [0.29, 0.717) is 49.1 Å². The molecule has 0 saturated carbocycles. The first kappa shape index (κ1) is 27.7. The van der Waals surface area contributed by atoms with Crippen LogP contribution in [0, 0.1) is 3.57 Å². The van der Waals surface area contributed by atoms with E-state index in [4.69, 9.17) is 37.8 Å². The molecule has 1 aliphatic rings. The molecule has 11 heteroatoms. The third kappa shape index (κ3) is 7.08. The van der Waals surface area contributed by atoms with E-state index in [1.165, 1.54) is 13.2 Å². The number of rotatable bonds is 10. The molecular formula is C24H25Cl2IN2O6. The predicted octanol–water partition coefficient (Wildman–Crippen LogP) is 3.12. The minimum atomic E-state index is -1.02. The summed E-state index contributed by atoms with van der Waals surface area (Å²) in [5.74, 6) is 0.315. The van der Waals surface area contributed by atoms with Crippen LogP contribution in [0.25, 0.3) is 0 Å². The van der Waals surface area contributed by atoms with Crippen molar-refractivity contribution >= 4 is 58.0 Å². The molecule has 8 nitrogen and oxygen atoms in total. The van der Waals surface area contributed by atoms with Crippen molar-refractivity contribution in [3.05, 3.63) is 66.7 Å². The number of aliphatic hydroxyl groups is 2. The van der Waals surface area contributed by atoms with E-state index in [1.807, 2.05) is 28.7 Å².